The highest BCUT2D eigenvalue weighted by Gasteiger charge is 2.22. The molecule has 0 unspecified atom stereocenters. The standard InChI is InChI=1S/C15H24N4O3S/c1-12(17-23(21,22)18(2)3)15(20)16-13-7-6-8-14(11-13)19-9-4-5-10-19/h6-8,11-12,17H,4-5,9-10H2,1-3H3,(H,16,20)/t12-/m1/s1. The van der Waals surface area contributed by atoms with E-state index in [9.17, 15) is 13.2 Å². The van der Waals surface area contributed by atoms with Crippen molar-refractivity contribution in [2.24, 2.45) is 0 Å². The molecule has 7 nitrogen and oxygen atoms in total. The normalized spacial score (nSPS) is 16.6. The Labute approximate surface area is 137 Å². The van der Waals surface area contributed by atoms with Crippen molar-refractivity contribution >= 4 is 27.5 Å². The third-order valence-electron chi connectivity index (χ3n) is 3.78. The molecule has 0 saturated carbocycles. The molecule has 2 rings (SSSR count). The highest BCUT2D eigenvalue weighted by Crippen LogP contribution is 2.23. The summed E-state index contributed by atoms with van der Waals surface area (Å²) in [6, 6.07) is 6.75. The largest absolute Gasteiger partial charge is 0.371 e. The van der Waals surface area contributed by atoms with E-state index in [-0.39, 0.29) is 0 Å². The molecule has 128 valence electrons. The van der Waals surface area contributed by atoms with E-state index in [0.29, 0.717) is 5.69 Å². The number of carbonyl (C=O) groups is 1. The van der Waals surface area contributed by atoms with E-state index < -0.39 is 22.2 Å². The molecule has 1 atom stereocenters. The average Bonchev–Trinajstić information content (AvgIpc) is 3.01. The maximum atomic E-state index is 12.2. The molecule has 0 aliphatic carbocycles. The van der Waals surface area contributed by atoms with Crippen LogP contribution in [0.3, 0.4) is 0 Å². The van der Waals surface area contributed by atoms with Crippen LogP contribution >= 0.6 is 0 Å². The van der Waals surface area contributed by atoms with Gasteiger partial charge in [-0.1, -0.05) is 6.07 Å². The maximum Gasteiger partial charge on any atom is 0.279 e. The van der Waals surface area contributed by atoms with Crippen LogP contribution in [0, 0.1) is 0 Å². The highest BCUT2D eigenvalue weighted by atomic mass is 32.2. The SMILES string of the molecule is C[C@@H](NS(=O)(=O)N(C)C)C(=O)Nc1cccc(N2CCCC2)c1. The summed E-state index contributed by atoms with van der Waals surface area (Å²) in [6.07, 6.45) is 2.36. The highest BCUT2D eigenvalue weighted by molar-refractivity contribution is 7.87. The van der Waals surface area contributed by atoms with Gasteiger partial charge in [0.1, 0.15) is 0 Å². The fourth-order valence-electron chi connectivity index (χ4n) is 2.39. The molecule has 1 saturated heterocycles. The first-order chi connectivity index (χ1) is 10.8. The minimum absolute atomic E-state index is 0.394. The number of benzene rings is 1. The molecule has 1 amide bonds. The Balaban J connectivity index is 2.01. The Morgan fingerprint density at radius 3 is 2.52 bits per heavy atom. The van der Waals surface area contributed by atoms with Crippen LogP contribution in [0.4, 0.5) is 11.4 Å². The van der Waals surface area contributed by atoms with Crippen LogP contribution in [-0.4, -0.2) is 51.9 Å². The van der Waals surface area contributed by atoms with Gasteiger partial charge in [0.25, 0.3) is 10.2 Å². The van der Waals surface area contributed by atoms with Crippen molar-refractivity contribution in [2.75, 3.05) is 37.4 Å². The lowest BCUT2D eigenvalue weighted by Crippen LogP contribution is -2.46. The van der Waals surface area contributed by atoms with E-state index in [2.05, 4.69) is 14.9 Å². The molecule has 2 N–H and O–H groups in total. The van der Waals surface area contributed by atoms with Crippen molar-refractivity contribution in [1.29, 1.82) is 0 Å². The Bertz CT molecular complexity index is 654. The van der Waals surface area contributed by atoms with E-state index in [1.54, 1.807) is 6.07 Å². The predicted molar refractivity (Wildman–Crippen MR) is 91.7 cm³/mol. The molecule has 1 fully saturated rings. The Morgan fingerprint density at radius 2 is 1.91 bits per heavy atom. The maximum absolute atomic E-state index is 12.2. The second kappa shape index (κ2) is 7.29. The van der Waals surface area contributed by atoms with Gasteiger partial charge in [0.05, 0.1) is 6.04 Å². The average molecular weight is 340 g/mol. The molecular formula is C15H24N4O3S. The van der Waals surface area contributed by atoms with E-state index in [1.165, 1.54) is 33.9 Å². The van der Waals surface area contributed by atoms with Gasteiger partial charge in [0, 0.05) is 38.6 Å². The van der Waals surface area contributed by atoms with Gasteiger partial charge in [-0.05, 0) is 38.0 Å². The zero-order valence-electron chi connectivity index (χ0n) is 13.7. The van der Waals surface area contributed by atoms with Crippen LogP contribution in [0.5, 0.6) is 0 Å². The summed E-state index contributed by atoms with van der Waals surface area (Å²) in [5.74, 6) is -0.394. The first-order valence-electron chi connectivity index (χ1n) is 7.65. The van der Waals surface area contributed by atoms with Crippen LogP contribution in [0.1, 0.15) is 19.8 Å². The lowest BCUT2D eigenvalue weighted by Gasteiger charge is -2.20. The minimum Gasteiger partial charge on any atom is -0.371 e. The van der Waals surface area contributed by atoms with Crippen molar-refractivity contribution in [3.63, 3.8) is 0 Å². The summed E-state index contributed by atoms with van der Waals surface area (Å²) in [7, 11) is -0.823. The van der Waals surface area contributed by atoms with Crippen molar-refractivity contribution < 1.29 is 13.2 Å². The van der Waals surface area contributed by atoms with Gasteiger partial charge in [0.15, 0.2) is 0 Å². The quantitative estimate of drug-likeness (QED) is 0.810. The van der Waals surface area contributed by atoms with Crippen molar-refractivity contribution in [1.82, 2.24) is 9.03 Å². The van der Waals surface area contributed by atoms with Gasteiger partial charge >= 0.3 is 0 Å². The monoisotopic (exact) mass is 340 g/mol. The Morgan fingerprint density at radius 1 is 1.26 bits per heavy atom. The van der Waals surface area contributed by atoms with E-state index in [0.717, 1.165) is 23.1 Å². The summed E-state index contributed by atoms with van der Waals surface area (Å²) in [5.41, 5.74) is 1.73. The van der Waals surface area contributed by atoms with Crippen LogP contribution in [-0.2, 0) is 15.0 Å². The molecule has 1 aliphatic rings. The molecule has 0 bridgehead atoms. The molecule has 0 spiro atoms. The number of rotatable bonds is 6. The topological polar surface area (TPSA) is 81.8 Å². The molecule has 8 heteroatoms. The van der Waals surface area contributed by atoms with Crippen LogP contribution in [0.2, 0.25) is 0 Å². The zero-order chi connectivity index (χ0) is 17.0. The van der Waals surface area contributed by atoms with Crippen LogP contribution in [0.25, 0.3) is 0 Å². The molecule has 0 aromatic heterocycles. The van der Waals surface area contributed by atoms with Gasteiger partial charge in [-0.3, -0.25) is 4.79 Å². The third-order valence-corrected chi connectivity index (χ3v) is 5.40. The molecule has 1 aromatic rings. The summed E-state index contributed by atoms with van der Waals surface area (Å²) >= 11 is 0. The fraction of sp³-hybridized carbons (Fsp3) is 0.533. The second-order valence-electron chi connectivity index (χ2n) is 5.86. The first-order valence-corrected chi connectivity index (χ1v) is 9.09. The number of hydrogen-bond acceptors (Lipinski definition) is 4. The van der Waals surface area contributed by atoms with Gasteiger partial charge in [-0.25, -0.2) is 0 Å². The molecular weight excluding hydrogens is 316 g/mol. The number of amides is 1. The zero-order valence-corrected chi connectivity index (χ0v) is 14.6. The van der Waals surface area contributed by atoms with Gasteiger partial charge in [-0.2, -0.15) is 17.4 Å². The number of nitrogens with zero attached hydrogens (tertiary/aromatic N) is 2. The minimum atomic E-state index is -3.64. The molecule has 1 aromatic carbocycles. The predicted octanol–water partition coefficient (Wildman–Crippen LogP) is 1.01. The van der Waals surface area contributed by atoms with Gasteiger partial charge in [-0.15, -0.1) is 0 Å². The lowest BCUT2D eigenvalue weighted by atomic mass is 10.2. The Hall–Kier alpha value is -1.64. The van der Waals surface area contributed by atoms with Crippen LogP contribution < -0.4 is 14.9 Å². The number of carbonyl (C=O) groups excluding carboxylic acids is 1. The number of hydrogen-bond donors (Lipinski definition) is 2. The van der Waals surface area contributed by atoms with E-state index in [1.807, 2.05) is 18.2 Å². The number of anilines is 2. The Kier molecular flexibility index (Phi) is 5.61. The molecule has 1 aliphatic heterocycles. The number of nitrogens with one attached hydrogen (secondary N) is 2. The second-order valence-corrected chi connectivity index (χ2v) is 7.78. The molecule has 23 heavy (non-hydrogen) atoms. The first kappa shape index (κ1) is 17.7. The summed E-state index contributed by atoms with van der Waals surface area (Å²) < 4.78 is 26.9. The molecule has 1 heterocycles. The van der Waals surface area contributed by atoms with Crippen molar-refractivity contribution in [3.8, 4) is 0 Å². The van der Waals surface area contributed by atoms with Gasteiger partial charge in [0.2, 0.25) is 5.91 Å². The van der Waals surface area contributed by atoms with Crippen molar-refractivity contribution in [3.05, 3.63) is 24.3 Å². The van der Waals surface area contributed by atoms with Crippen LogP contribution in [0.15, 0.2) is 24.3 Å². The lowest BCUT2D eigenvalue weighted by molar-refractivity contribution is -0.117. The summed E-state index contributed by atoms with van der Waals surface area (Å²) in [5, 5.41) is 2.76. The summed E-state index contributed by atoms with van der Waals surface area (Å²) in [6.45, 7) is 3.56. The third kappa shape index (κ3) is 4.66. The summed E-state index contributed by atoms with van der Waals surface area (Å²) in [4.78, 5) is 14.4. The van der Waals surface area contributed by atoms with Crippen molar-refractivity contribution in [2.45, 2.75) is 25.8 Å². The van der Waals surface area contributed by atoms with E-state index >= 15 is 0 Å². The van der Waals surface area contributed by atoms with Gasteiger partial charge < -0.3 is 10.2 Å². The molecule has 0 radical (unpaired) electrons. The fourth-order valence-corrected chi connectivity index (χ4v) is 3.15. The smallest absolute Gasteiger partial charge is 0.279 e. The van der Waals surface area contributed by atoms with E-state index in [4.69, 9.17) is 0 Å².